The first-order valence-electron chi connectivity index (χ1n) is 5.09. The fourth-order valence-corrected chi connectivity index (χ4v) is 1.46. The number of carboxylic acids is 1. The zero-order valence-electron chi connectivity index (χ0n) is 9.48. The summed E-state index contributed by atoms with van der Waals surface area (Å²) >= 11 is 0. The van der Waals surface area contributed by atoms with Crippen LogP contribution in [0.2, 0.25) is 0 Å². The van der Waals surface area contributed by atoms with E-state index in [2.05, 4.69) is 10.1 Å². The Morgan fingerprint density at radius 3 is 2.68 bits per heavy atom. The fraction of sp³-hybridized carbons (Fsp3) is 0.273. The van der Waals surface area contributed by atoms with Crippen molar-refractivity contribution in [1.82, 2.24) is 5.32 Å². The highest BCUT2D eigenvalue weighted by Crippen LogP contribution is 2.26. The molecule has 1 aromatic carbocycles. The topological polar surface area (TPSA) is 75.6 Å². The molecule has 1 amide bonds. The molecule has 2 N–H and O–H groups in total. The number of carbonyl (C=O) groups excluding carboxylic acids is 1. The minimum atomic E-state index is -4.83. The summed E-state index contributed by atoms with van der Waals surface area (Å²) < 4.78 is 39.8. The van der Waals surface area contributed by atoms with Crippen LogP contribution in [-0.2, 0) is 9.59 Å². The van der Waals surface area contributed by atoms with Gasteiger partial charge in [-0.15, -0.1) is 13.2 Å². The van der Waals surface area contributed by atoms with Crippen molar-refractivity contribution in [2.75, 3.05) is 0 Å². The molecule has 0 aliphatic carbocycles. The number of benzene rings is 1. The second-order valence-corrected chi connectivity index (χ2v) is 3.56. The third-order valence-electron chi connectivity index (χ3n) is 2.14. The van der Waals surface area contributed by atoms with Gasteiger partial charge in [-0.2, -0.15) is 0 Å². The highest BCUT2D eigenvalue weighted by molar-refractivity contribution is 5.68. The average Bonchev–Trinajstić information content (AvgIpc) is 2.26. The number of ether oxygens (including phenoxy) is 1. The van der Waals surface area contributed by atoms with Gasteiger partial charge in [0, 0.05) is 0 Å². The highest BCUT2D eigenvalue weighted by Gasteiger charge is 2.31. The lowest BCUT2D eigenvalue weighted by Crippen LogP contribution is -2.23. The van der Waals surface area contributed by atoms with E-state index in [9.17, 15) is 22.8 Å². The van der Waals surface area contributed by atoms with Gasteiger partial charge in [0.2, 0.25) is 6.41 Å². The average molecular weight is 277 g/mol. The third-order valence-corrected chi connectivity index (χ3v) is 2.14. The van der Waals surface area contributed by atoms with Gasteiger partial charge in [0.15, 0.2) is 0 Å². The van der Waals surface area contributed by atoms with Crippen molar-refractivity contribution in [3.05, 3.63) is 29.8 Å². The van der Waals surface area contributed by atoms with E-state index in [-0.39, 0.29) is 12.0 Å². The van der Waals surface area contributed by atoms with E-state index < -0.39 is 30.5 Å². The smallest absolute Gasteiger partial charge is 0.481 e. The van der Waals surface area contributed by atoms with Gasteiger partial charge in [-0.25, -0.2) is 0 Å². The first kappa shape index (κ1) is 14.8. The Bertz CT molecular complexity index is 461. The summed E-state index contributed by atoms with van der Waals surface area (Å²) in [6.45, 7) is 0. The van der Waals surface area contributed by atoms with Crippen LogP contribution in [0.1, 0.15) is 18.0 Å². The molecule has 8 heteroatoms. The van der Waals surface area contributed by atoms with Gasteiger partial charge in [0.05, 0.1) is 12.5 Å². The van der Waals surface area contributed by atoms with Crippen molar-refractivity contribution >= 4 is 12.4 Å². The molecule has 0 bridgehead atoms. The molecule has 0 radical (unpaired) electrons. The summed E-state index contributed by atoms with van der Waals surface area (Å²) in [4.78, 5) is 21.0. The molecule has 0 saturated heterocycles. The molecular weight excluding hydrogens is 267 g/mol. The molecule has 1 atom stereocenters. The van der Waals surface area contributed by atoms with E-state index in [0.29, 0.717) is 0 Å². The molecule has 1 aromatic rings. The van der Waals surface area contributed by atoms with Crippen LogP contribution in [0.25, 0.3) is 0 Å². The van der Waals surface area contributed by atoms with E-state index >= 15 is 0 Å². The molecule has 0 saturated carbocycles. The molecule has 0 aromatic heterocycles. The molecule has 1 unspecified atom stereocenters. The molecule has 19 heavy (non-hydrogen) atoms. The summed E-state index contributed by atoms with van der Waals surface area (Å²) in [7, 11) is 0. The Hall–Kier alpha value is -2.25. The number of hydrogen-bond donors (Lipinski definition) is 2. The van der Waals surface area contributed by atoms with Crippen molar-refractivity contribution in [3.63, 3.8) is 0 Å². The highest BCUT2D eigenvalue weighted by atomic mass is 19.4. The number of hydrogen-bond acceptors (Lipinski definition) is 3. The number of halogens is 3. The van der Waals surface area contributed by atoms with Crippen LogP contribution in [0.5, 0.6) is 5.75 Å². The predicted octanol–water partition coefficient (Wildman–Crippen LogP) is 1.85. The van der Waals surface area contributed by atoms with E-state index in [1.54, 1.807) is 0 Å². The zero-order valence-corrected chi connectivity index (χ0v) is 9.48. The zero-order chi connectivity index (χ0) is 14.5. The van der Waals surface area contributed by atoms with Crippen LogP contribution in [0.4, 0.5) is 13.2 Å². The lowest BCUT2D eigenvalue weighted by molar-refractivity contribution is -0.274. The normalized spacial score (nSPS) is 12.6. The first-order valence-corrected chi connectivity index (χ1v) is 5.09. The fourth-order valence-electron chi connectivity index (χ4n) is 1.46. The maximum absolute atomic E-state index is 12.0. The lowest BCUT2D eigenvalue weighted by Gasteiger charge is -2.16. The summed E-state index contributed by atoms with van der Waals surface area (Å²) in [6, 6.07) is 3.85. The largest absolute Gasteiger partial charge is 0.573 e. The summed E-state index contributed by atoms with van der Waals surface area (Å²) in [5.74, 6) is -1.67. The number of rotatable bonds is 6. The molecule has 0 aliphatic rings. The van der Waals surface area contributed by atoms with Crippen molar-refractivity contribution in [2.45, 2.75) is 18.8 Å². The molecular formula is C11H10F3NO4. The Morgan fingerprint density at radius 1 is 1.47 bits per heavy atom. The summed E-state index contributed by atoms with van der Waals surface area (Å²) in [5, 5.41) is 10.9. The standard InChI is InChI=1S/C11H10F3NO4/c12-11(13,14)19-8-3-1-2-7(4-8)9(15-6-16)5-10(17)18/h1-4,6,9H,5H2,(H,15,16)(H,17,18). The first-order chi connectivity index (χ1) is 8.81. The summed E-state index contributed by atoms with van der Waals surface area (Å²) in [6.07, 6.45) is -5.00. The van der Waals surface area contributed by atoms with Gasteiger partial charge in [-0.3, -0.25) is 9.59 Å². The Labute approximate surface area is 106 Å². The summed E-state index contributed by atoms with van der Waals surface area (Å²) in [5.41, 5.74) is 0.205. The minimum absolute atomic E-state index is 0.205. The van der Waals surface area contributed by atoms with Crippen LogP contribution in [0.3, 0.4) is 0 Å². The molecule has 1 rings (SSSR count). The van der Waals surface area contributed by atoms with Crippen molar-refractivity contribution < 1.29 is 32.6 Å². The third kappa shape index (κ3) is 5.28. The van der Waals surface area contributed by atoms with Crippen LogP contribution in [0.15, 0.2) is 24.3 Å². The second-order valence-electron chi connectivity index (χ2n) is 3.56. The van der Waals surface area contributed by atoms with Gasteiger partial charge in [0.1, 0.15) is 5.75 Å². The molecule has 0 fully saturated rings. The lowest BCUT2D eigenvalue weighted by atomic mass is 10.0. The number of alkyl halides is 3. The quantitative estimate of drug-likeness (QED) is 0.778. The number of nitrogens with one attached hydrogen (secondary N) is 1. The van der Waals surface area contributed by atoms with Gasteiger partial charge < -0.3 is 15.2 Å². The van der Waals surface area contributed by atoms with Gasteiger partial charge >= 0.3 is 12.3 Å². The van der Waals surface area contributed by atoms with E-state index in [0.717, 1.165) is 12.1 Å². The number of amides is 1. The second kappa shape index (κ2) is 6.07. The minimum Gasteiger partial charge on any atom is -0.481 e. The van der Waals surface area contributed by atoms with E-state index in [1.807, 2.05) is 0 Å². The maximum Gasteiger partial charge on any atom is 0.573 e. The number of aliphatic carboxylic acids is 1. The molecule has 0 aliphatic heterocycles. The van der Waals surface area contributed by atoms with Gasteiger partial charge in [-0.1, -0.05) is 12.1 Å². The number of carboxylic acid groups (broad SMARTS) is 1. The van der Waals surface area contributed by atoms with Crippen LogP contribution in [-0.4, -0.2) is 23.8 Å². The number of carbonyl (C=O) groups is 2. The molecule has 0 heterocycles. The predicted molar refractivity (Wildman–Crippen MR) is 57.3 cm³/mol. The van der Waals surface area contributed by atoms with E-state index in [4.69, 9.17) is 5.11 Å². The van der Waals surface area contributed by atoms with Gasteiger partial charge in [0.25, 0.3) is 0 Å². The Balaban J connectivity index is 2.94. The van der Waals surface area contributed by atoms with Crippen LogP contribution < -0.4 is 10.1 Å². The van der Waals surface area contributed by atoms with Crippen molar-refractivity contribution in [2.24, 2.45) is 0 Å². The molecule has 104 valence electrons. The molecule has 0 spiro atoms. The monoisotopic (exact) mass is 277 g/mol. The maximum atomic E-state index is 12.0. The van der Waals surface area contributed by atoms with Crippen molar-refractivity contribution in [3.8, 4) is 5.75 Å². The van der Waals surface area contributed by atoms with Crippen molar-refractivity contribution in [1.29, 1.82) is 0 Å². The van der Waals surface area contributed by atoms with Crippen LogP contribution >= 0.6 is 0 Å². The van der Waals surface area contributed by atoms with Crippen LogP contribution in [0, 0.1) is 0 Å². The van der Waals surface area contributed by atoms with Gasteiger partial charge in [-0.05, 0) is 17.7 Å². The molecule has 5 nitrogen and oxygen atoms in total. The SMILES string of the molecule is O=CNC(CC(=O)O)c1cccc(OC(F)(F)F)c1. The Morgan fingerprint density at radius 2 is 2.16 bits per heavy atom. The van der Waals surface area contributed by atoms with E-state index in [1.165, 1.54) is 12.1 Å². The Kier molecular flexibility index (Phi) is 4.74.